The second-order valence-electron chi connectivity index (χ2n) is 4.75. The topological polar surface area (TPSA) is 112 Å². The van der Waals surface area contributed by atoms with Gasteiger partial charge < -0.3 is 14.9 Å². The molecule has 0 spiro atoms. The molecule has 1 rings (SSSR count). The molecule has 0 aromatic carbocycles. The van der Waals surface area contributed by atoms with Crippen molar-refractivity contribution in [2.75, 3.05) is 0 Å². The first kappa shape index (κ1) is 15.7. The van der Waals surface area contributed by atoms with E-state index in [4.69, 9.17) is 14.9 Å². The quantitative estimate of drug-likeness (QED) is 0.808. The number of nitrogens with one attached hydrogen (secondary N) is 1. The SMILES string of the molecule is Cc1cc(C(=O)O[C@H](C(=O)NC(N)=O)C(C)C)c(C)o1. The first-order chi connectivity index (χ1) is 9.22. The van der Waals surface area contributed by atoms with E-state index in [1.54, 1.807) is 27.7 Å². The highest BCUT2D eigenvalue weighted by Crippen LogP contribution is 2.17. The predicted octanol–water partition coefficient (Wildman–Crippen LogP) is 1.27. The van der Waals surface area contributed by atoms with Crippen LogP contribution in [0.2, 0.25) is 0 Å². The van der Waals surface area contributed by atoms with Crippen LogP contribution in [-0.4, -0.2) is 24.0 Å². The first-order valence-electron chi connectivity index (χ1n) is 6.10. The van der Waals surface area contributed by atoms with Gasteiger partial charge in [0.15, 0.2) is 6.10 Å². The summed E-state index contributed by atoms with van der Waals surface area (Å²) >= 11 is 0. The second-order valence-corrected chi connectivity index (χ2v) is 4.75. The summed E-state index contributed by atoms with van der Waals surface area (Å²) < 4.78 is 10.4. The van der Waals surface area contributed by atoms with Crippen molar-refractivity contribution in [1.29, 1.82) is 0 Å². The zero-order chi connectivity index (χ0) is 15.4. The predicted molar refractivity (Wildman–Crippen MR) is 69.9 cm³/mol. The Hall–Kier alpha value is -2.31. The van der Waals surface area contributed by atoms with Crippen LogP contribution in [0.25, 0.3) is 0 Å². The van der Waals surface area contributed by atoms with Gasteiger partial charge in [-0.1, -0.05) is 13.8 Å². The van der Waals surface area contributed by atoms with E-state index in [0.717, 1.165) is 0 Å². The first-order valence-corrected chi connectivity index (χ1v) is 6.10. The minimum atomic E-state index is -1.11. The number of carbonyl (C=O) groups is 3. The standard InChI is InChI=1S/C13H18N2O5/c1-6(2)10(11(16)15-13(14)18)20-12(17)9-5-7(3)19-8(9)4/h5-6,10H,1-4H3,(H3,14,15,16,18)/t10-/m0/s1. The van der Waals surface area contributed by atoms with Crippen LogP contribution >= 0.6 is 0 Å². The van der Waals surface area contributed by atoms with Crippen LogP contribution in [0.1, 0.15) is 35.7 Å². The maximum absolute atomic E-state index is 12.0. The number of aryl methyl sites for hydroxylation is 2. The molecule has 0 saturated heterocycles. The average Bonchev–Trinajstić information content (AvgIpc) is 2.63. The highest BCUT2D eigenvalue weighted by Gasteiger charge is 2.29. The second kappa shape index (κ2) is 6.23. The van der Waals surface area contributed by atoms with Crippen molar-refractivity contribution in [3.63, 3.8) is 0 Å². The molecule has 1 heterocycles. The van der Waals surface area contributed by atoms with Gasteiger partial charge in [0.05, 0.1) is 0 Å². The van der Waals surface area contributed by atoms with Gasteiger partial charge in [0.1, 0.15) is 17.1 Å². The van der Waals surface area contributed by atoms with E-state index in [1.165, 1.54) is 6.07 Å². The maximum Gasteiger partial charge on any atom is 0.342 e. The molecule has 0 radical (unpaired) electrons. The lowest BCUT2D eigenvalue weighted by atomic mass is 10.1. The molecule has 0 fully saturated rings. The van der Waals surface area contributed by atoms with E-state index < -0.39 is 24.0 Å². The lowest BCUT2D eigenvalue weighted by molar-refractivity contribution is -0.130. The van der Waals surface area contributed by atoms with Crippen LogP contribution in [0.4, 0.5) is 4.79 Å². The average molecular weight is 282 g/mol. The number of ether oxygens (including phenoxy) is 1. The molecule has 20 heavy (non-hydrogen) atoms. The lowest BCUT2D eigenvalue weighted by Gasteiger charge is -2.19. The highest BCUT2D eigenvalue weighted by atomic mass is 16.5. The van der Waals surface area contributed by atoms with Gasteiger partial charge in [0.25, 0.3) is 5.91 Å². The minimum Gasteiger partial charge on any atom is -0.466 e. The molecule has 110 valence electrons. The normalized spacial score (nSPS) is 12.1. The Bertz CT molecular complexity index is 533. The highest BCUT2D eigenvalue weighted by molar-refractivity contribution is 5.98. The number of hydrogen-bond acceptors (Lipinski definition) is 5. The summed E-state index contributed by atoms with van der Waals surface area (Å²) in [7, 11) is 0. The van der Waals surface area contributed by atoms with E-state index >= 15 is 0 Å². The summed E-state index contributed by atoms with van der Waals surface area (Å²) in [6, 6.07) is 0.535. The minimum absolute atomic E-state index is 0.250. The van der Waals surface area contributed by atoms with E-state index in [9.17, 15) is 14.4 Å². The molecule has 3 amide bonds. The Morgan fingerprint density at radius 3 is 2.30 bits per heavy atom. The largest absolute Gasteiger partial charge is 0.466 e. The van der Waals surface area contributed by atoms with Gasteiger partial charge in [-0.15, -0.1) is 0 Å². The van der Waals surface area contributed by atoms with Crippen molar-refractivity contribution in [2.24, 2.45) is 11.7 Å². The molecule has 1 atom stereocenters. The third kappa shape index (κ3) is 3.84. The zero-order valence-corrected chi connectivity index (χ0v) is 11.9. The Morgan fingerprint density at radius 2 is 1.90 bits per heavy atom. The molecule has 0 saturated carbocycles. The van der Waals surface area contributed by atoms with Gasteiger partial charge >= 0.3 is 12.0 Å². The molecule has 0 aliphatic carbocycles. The summed E-state index contributed by atoms with van der Waals surface area (Å²) in [5.41, 5.74) is 5.12. The molecule has 1 aromatic heterocycles. The van der Waals surface area contributed by atoms with Gasteiger partial charge in [0, 0.05) is 0 Å². The van der Waals surface area contributed by atoms with Crippen LogP contribution < -0.4 is 11.1 Å². The van der Waals surface area contributed by atoms with Crippen molar-refractivity contribution < 1.29 is 23.5 Å². The monoisotopic (exact) mass is 282 g/mol. The van der Waals surface area contributed by atoms with Gasteiger partial charge in [-0.2, -0.15) is 0 Å². The molecule has 3 N–H and O–H groups in total. The number of urea groups is 1. The Balaban J connectivity index is 2.86. The van der Waals surface area contributed by atoms with E-state index in [1.807, 2.05) is 5.32 Å². The number of rotatable bonds is 4. The van der Waals surface area contributed by atoms with Crippen LogP contribution in [0.15, 0.2) is 10.5 Å². The number of esters is 1. The number of carbonyl (C=O) groups excluding carboxylic acids is 3. The molecule has 1 aromatic rings. The fourth-order valence-electron chi connectivity index (χ4n) is 1.70. The zero-order valence-electron chi connectivity index (χ0n) is 11.9. The summed E-state index contributed by atoms with van der Waals surface area (Å²) in [6.45, 7) is 6.69. The Kier molecular flexibility index (Phi) is 4.90. The molecule has 0 aliphatic rings. The summed E-state index contributed by atoms with van der Waals surface area (Å²) in [5.74, 6) is -0.773. The van der Waals surface area contributed by atoms with Crippen molar-refractivity contribution in [1.82, 2.24) is 5.32 Å². The number of primary amides is 1. The number of furan rings is 1. The fourth-order valence-corrected chi connectivity index (χ4v) is 1.70. The van der Waals surface area contributed by atoms with E-state index in [-0.39, 0.29) is 11.5 Å². The van der Waals surface area contributed by atoms with Gasteiger partial charge in [-0.3, -0.25) is 10.1 Å². The molecule has 0 bridgehead atoms. The molecular weight excluding hydrogens is 264 g/mol. The van der Waals surface area contributed by atoms with Crippen molar-refractivity contribution in [3.05, 3.63) is 23.2 Å². The van der Waals surface area contributed by atoms with Gasteiger partial charge in [-0.25, -0.2) is 9.59 Å². The summed E-state index contributed by atoms with van der Waals surface area (Å²) in [5, 5.41) is 1.90. The number of nitrogens with two attached hydrogens (primary N) is 1. The lowest BCUT2D eigenvalue weighted by Crippen LogP contribution is -2.45. The van der Waals surface area contributed by atoms with Crippen molar-refractivity contribution >= 4 is 17.9 Å². The Morgan fingerprint density at radius 1 is 1.30 bits per heavy atom. The fraction of sp³-hybridized carbons (Fsp3) is 0.462. The van der Waals surface area contributed by atoms with Crippen LogP contribution in [0.5, 0.6) is 0 Å². The molecule has 0 aliphatic heterocycles. The summed E-state index contributed by atoms with van der Waals surface area (Å²) in [4.78, 5) is 34.4. The molecule has 7 heteroatoms. The van der Waals surface area contributed by atoms with Crippen LogP contribution in [-0.2, 0) is 9.53 Å². The smallest absolute Gasteiger partial charge is 0.342 e. The van der Waals surface area contributed by atoms with E-state index in [0.29, 0.717) is 11.5 Å². The van der Waals surface area contributed by atoms with Crippen molar-refractivity contribution in [3.8, 4) is 0 Å². The maximum atomic E-state index is 12.0. The van der Waals surface area contributed by atoms with E-state index in [2.05, 4.69) is 0 Å². The number of amides is 3. The Labute approximate surface area is 116 Å². The number of hydrogen-bond donors (Lipinski definition) is 2. The third-order valence-corrected chi connectivity index (χ3v) is 2.61. The molecule has 0 unspecified atom stereocenters. The van der Waals surface area contributed by atoms with Gasteiger partial charge in [-0.05, 0) is 25.8 Å². The van der Waals surface area contributed by atoms with Crippen molar-refractivity contribution in [2.45, 2.75) is 33.8 Å². The van der Waals surface area contributed by atoms with Crippen LogP contribution in [0, 0.1) is 19.8 Å². The van der Waals surface area contributed by atoms with Gasteiger partial charge in [0.2, 0.25) is 0 Å². The summed E-state index contributed by atoms with van der Waals surface area (Å²) in [6.07, 6.45) is -1.11. The van der Waals surface area contributed by atoms with Crippen LogP contribution in [0.3, 0.4) is 0 Å². The number of imide groups is 1. The third-order valence-electron chi connectivity index (χ3n) is 2.61. The molecular formula is C13H18N2O5. The molecule has 7 nitrogen and oxygen atoms in total.